The molecule has 2 fully saturated rings. The maximum absolute atomic E-state index is 5.00. The number of nitrogens with one attached hydrogen (secondary N) is 2. The maximum Gasteiger partial charge on any atom is 0.139 e. The average Bonchev–Trinajstić information content (AvgIpc) is 4.13. The van der Waals surface area contributed by atoms with E-state index in [0.29, 0.717) is 0 Å². The number of aryl methyl sites for hydroxylation is 2. The number of hydrogen-bond donors (Lipinski definition) is 2. The van der Waals surface area contributed by atoms with E-state index in [-0.39, 0.29) is 0 Å². The number of anilines is 2. The molecule has 6 aromatic heterocycles. The molecule has 2 saturated carbocycles. The van der Waals surface area contributed by atoms with Crippen molar-refractivity contribution in [3.05, 3.63) is 154 Å². The fourth-order valence-corrected chi connectivity index (χ4v) is 10.3. The van der Waals surface area contributed by atoms with Crippen LogP contribution in [0.3, 0.4) is 0 Å². The number of aromatic nitrogens is 4. The van der Waals surface area contributed by atoms with Crippen LogP contribution in [0.2, 0.25) is 0 Å². The Hall–Kier alpha value is -6.06. The van der Waals surface area contributed by atoms with Crippen LogP contribution in [0.25, 0.3) is 32.4 Å². The number of rotatable bonds is 8. The van der Waals surface area contributed by atoms with Crippen LogP contribution in [0.4, 0.5) is 11.6 Å². The molecule has 312 valence electrons. The quantitative estimate of drug-likeness (QED) is 0.150. The van der Waals surface area contributed by atoms with Crippen molar-refractivity contribution >= 4 is 45.6 Å². The number of nitrogens with zero attached hydrogens (tertiary/aromatic N) is 4. The van der Waals surface area contributed by atoms with E-state index < -0.39 is 0 Å². The number of benzene rings is 2. The molecule has 6 heterocycles. The summed E-state index contributed by atoms with van der Waals surface area (Å²) in [6, 6.07) is 37.3. The predicted octanol–water partition coefficient (Wildman–Crippen LogP) is 13.5. The van der Waals surface area contributed by atoms with E-state index in [1.54, 1.807) is 22.7 Å². The molecule has 6 nitrogen and oxygen atoms in total. The van der Waals surface area contributed by atoms with E-state index >= 15 is 0 Å². The minimum absolute atomic E-state index is 0.757. The summed E-state index contributed by atoms with van der Waals surface area (Å²) in [7, 11) is 0. The van der Waals surface area contributed by atoms with Crippen LogP contribution in [-0.2, 0) is 0 Å². The largest absolute Gasteiger partial charge is 0.369 e. The minimum Gasteiger partial charge on any atom is -0.369 e. The van der Waals surface area contributed by atoms with Gasteiger partial charge in [0, 0.05) is 36.6 Å². The minimum atomic E-state index is 0.757. The Morgan fingerprint density at radius 2 is 1.05 bits per heavy atom. The van der Waals surface area contributed by atoms with Crippen LogP contribution in [-0.4, -0.2) is 31.9 Å². The Balaban J connectivity index is 0.000000158. The van der Waals surface area contributed by atoms with Gasteiger partial charge < -0.3 is 10.6 Å². The summed E-state index contributed by atoms with van der Waals surface area (Å²) in [5, 5.41) is 7.53. The van der Waals surface area contributed by atoms with Crippen LogP contribution < -0.4 is 10.6 Å². The van der Waals surface area contributed by atoms with Gasteiger partial charge in [-0.25, -0.2) is 9.97 Å². The van der Waals surface area contributed by atoms with Crippen molar-refractivity contribution in [3.63, 3.8) is 0 Å². The van der Waals surface area contributed by atoms with Crippen molar-refractivity contribution in [1.82, 2.24) is 18.8 Å². The standard InChI is InChI=1S/2C27H27N3S/c1-20-12-17-25-29-26(27(30(25)19-20)28-18-22-10-6-3-7-11-22)24-16-15-23(31-24)14-13-21-8-4-2-5-9-21;1-20-16-17-30-25(18-20)29-26(27(30)28-19-22-10-6-3-7-11-22)24-15-14-23(31-24)13-12-21-8-4-2-5-9-21/h2,4-5,8-9,12,15-17,19,22,28H,3,6-7,10-11,18H2,1H3;2,4-5,8-9,14-18,22,28H,3,6-7,10-11,19H2,1H3. The first kappa shape index (κ1) is 41.3. The summed E-state index contributed by atoms with van der Waals surface area (Å²) < 4.78 is 4.41. The zero-order chi connectivity index (χ0) is 42.1. The number of hydrogen-bond acceptors (Lipinski definition) is 6. The molecule has 8 aromatic rings. The molecule has 0 atom stereocenters. The van der Waals surface area contributed by atoms with Crippen LogP contribution in [0.5, 0.6) is 0 Å². The van der Waals surface area contributed by atoms with Crippen molar-refractivity contribution in [2.75, 3.05) is 23.7 Å². The zero-order valence-corrected chi connectivity index (χ0v) is 37.4. The molecular formula is C54H54N6S2. The molecule has 2 aliphatic rings. The normalized spacial score (nSPS) is 14.4. The lowest BCUT2D eigenvalue weighted by Crippen LogP contribution is -2.18. The summed E-state index contributed by atoms with van der Waals surface area (Å²) in [4.78, 5) is 14.4. The highest BCUT2D eigenvalue weighted by Crippen LogP contribution is 2.36. The van der Waals surface area contributed by atoms with Crippen molar-refractivity contribution < 1.29 is 0 Å². The summed E-state index contributed by atoms with van der Waals surface area (Å²) in [5.74, 6) is 16.9. The number of pyridine rings is 2. The smallest absolute Gasteiger partial charge is 0.139 e. The summed E-state index contributed by atoms with van der Waals surface area (Å²) in [6.45, 7) is 6.28. The molecule has 2 aliphatic carbocycles. The van der Waals surface area contributed by atoms with E-state index in [1.165, 1.54) is 75.3 Å². The van der Waals surface area contributed by atoms with Crippen molar-refractivity contribution in [2.45, 2.75) is 78.1 Å². The van der Waals surface area contributed by atoms with Gasteiger partial charge in [0.2, 0.25) is 0 Å². The topological polar surface area (TPSA) is 58.7 Å². The lowest BCUT2D eigenvalue weighted by molar-refractivity contribution is 0.373. The summed E-state index contributed by atoms with van der Waals surface area (Å²) >= 11 is 3.42. The first-order valence-corrected chi connectivity index (χ1v) is 24.0. The van der Waals surface area contributed by atoms with Gasteiger partial charge in [-0.15, -0.1) is 22.7 Å². The Morgan fingerprint density at radius 1 is 0.532 bits per heavy atom. The highest BCUT2D eigenvalue weighted by molar-refractivity contribution is 7.16. The summed E-state index contributed by atoms with van der Waals surface area (Å²) in [6.07, 6.45) is 17.9. The third kappa shape index (κ3) is 10.2. The molecule has 0 bridgehead atoms. The molecule has 2 N–H and O–H groups in total. The molecule has 8 heteroatoms. The Labute approximate surface area is 374 Å². The molecule has 2 aromatic carbocycles. The summed E-state index contributed by atoms with van der Waals surface area (Å²) in [5.41, 5.74) is 8.56. The highest BCUT2D eigenvalue weighted by Gasteiger charge is 2.21. The lowest BCUT2D eigenvalue weighted by atomic mass is 9.89. The second-order valence-corrected chi connectivity index (χ2v) is 19.0. The SMILES string of the molecule is Cc1ccc2nc(-c3ccc(C#Cc4ccccc4)s3)c(NCC3CCCCC3)n2c1.Cc1ccn2c(NCC3CCCCC3)c(-c3ccc(C#Cc4ccccc4)s3)nc2c1. The second-order valence-electron chi connectivity index (χ2n) is 16.8. The number of fused-ring (bicyclic) bond motifs is 2. The fourth-order valence-electron chi connectivity index (χ4n) is 8.62. The molecule has 10 rings (SSSR count). The van der Waals surface area contributed by atoms with Crippen LogP contribution in [0.1, 0.15) is 96.2 Å². The van der Waals surface area contributed by atoms with E-state index in [4.69, 9.17) is 9.97 Å². The molecule has 0 aliphatic heterocycles. The van der Waals surface area contributed by atoms with Gasteiger partial charge >= 0.3 is 0 Å². The van der Waals surface area contributed by atoms with E-state index in [1.807, 2.05) is 60.7 Å². The third-order valence-corrected chi connectivity index (χ3v) is 14.0. The van der Waals surface area contributed by atoms with Crippen molar-refractivity contribution in [3.8, 4) is 44.8 Å². The average molecular weight is 851 g/mol. The zero-order valence-electron chi connectivity index (χ0n) is 35.8. The molecule has 62 heavy (non-hydrogen) atoms. The third-order valence-electron chi connectivity index (χ3n) is 12.0. The van der Waals surface area contributed by atoms with Gasteiger partial charge in [-0.3, -0.25) is 8.80 Å². The molecule has 0 saturated heterocycles. The predicted molar refractivity (Wildman–Crippen MR) is 261 cm³/mol. The lowest BCUT2D eigenvalue weighted by Gasteiger charge is -2.22. The number of thiophene rings is 2. The van der Waals surface area contributed by atoms with Gasteiger partial charge in [-0.05, 0) is 129 Å². The molecule has 0 spiro atoms. The molecule has 0 radical (unpaired) electrons. The van der Waals surface area contributed by atoms with E-state index in [9.17, 15) is 0 Å². The van der Waals surface area contributed by atoms with E-state index in [2.05, 4.69) is 118 Å². The molecule has 0 amide bonds. The molecule has 0 unspecified atom stereocenters. The van der Waals surface area contributed by atoms with Gasteiger partial charge in [-0.2, -0.15) is 0 Å². The van der Waals surface area contributed by atoms with E-state index in [0.717, 1.165) is 89.9 Å². The Morgan fingerprint density at radius 3 is 1.60 bits per heavy atom. The van der Waals surface area contributed by atoms with Crippen molar-refractivity contribution in [1.29, 1.82) is 0 Å². The monoisotopic (exact) mass is 850 g/mol. The van der Waals surface area contributed by atoms with Gasteiger partial charge in [0.25, 0.3) is 0 Å². The van der Waals surface area contributed by atoms with Gasteiger partial charge in [0.1, 0.15) is 34.3 Å². The van der Waals surface area contributed by atoms with Gasteiger partial charge in [-0.1, -0.05) is 105 Å². The van der Waals surface area contributed by atoms with Crippen molar-refractivity contribution in [2.24, 2.45) is 11.8 Å². The maximum atomic E-state index is 5.00. The van der Waals surface area contributed by atoms with Crippen LogP contribution >= 0.6 is 22.7 Å². The Kier molecular flexibility index (Phi) is 13.2. The highest BCUT2D eigenvalue weighted by atomic mass is 32.1. The first-order valence-electron chi connectivity index (χ1n) is 22.3. The first-order chi connectivity index (χ1) is 30.5. The Bertz CT molecular complexity index is 2770. The second kappa shape index (κ2) is 19.8. The van der Waals surface area contributed by atoms with Gasteiger partial charge in [0.15, 0.2) is 0 Å². The number of imidazole rings is 2. The van der Waals surface area contributed by atoms with Gasteiger partial charge in [0.05, 0.1) is 19.5 Å². The van der Waals surface area contributed by atoms with Crippen LogP contribution in [0.15, 0.2) is 122 Å². The fraction of sp³-hybridized carbons (Fsp3) is 0.296. The van der Waals surface area contributed by atoms with Crippen LogP contribution in [0, 0.1) is 49.4 Å². The molecular weight excluding hydrogens is 797 g/mol.